The number of rotatable bonds is 8. The van der Waals surface area contributed by atoms with Crippen molar-refractivity contribution >= 4 is 63.3 Å². The third kappa shape index (κ3) is 6.72. The molecule has 1 atom stereocenters. The number of hydrogen-bond donors (Lipinski definition) is 3. The zero-order valence-corrected chi connectivity index (χ0v) is 32.4. The quantitative estimate of drug-likeness (QED) is 0.188. The molecule has 17 heteroatoms. The van der Waals surface area contributed by atoms with Crippen LogP contribution in [0.2, 0.25) is 0 Å². The van der Waals surface area contributed by atoms with Gasteiger partial charge in [-0.15, -0.1) is 10.2 Å². The minimum atomic E-state index is -1.01. The van der Waals surface area contributed by atoms with Crippen LogP contribution in [0.1, 0.15) is 88.6 Å². The van der Waals surface area contributed by atoms with E-state index in [1.165, 1.54) is 0 Å². The molecule has 0 spiro atoms. The number of aromatic nitrogens is 5. The Morgan fingerprint density at radius 2 is 1.69 bits per heavy atom. The number of anilines is 2. The van der Waals surface area contributed by atoms with Crippen LogP contribution in [-0.4, -0.2) is 91.4 Å². The van der Waals surface area contributed by atoms with Crippen LogP contribution >= 0.6 is 11.3 Å². The first-order valence-electron chi connectivity index (χ1n) is 19.5. The molecule has 1 saturated carbocycles. The summed E-state index contributed by atoms with van der Waals surface area (Å²) in [6.07, 6.45) is 10.2. The summed E-state index contributed by atoms with van der Waals surface area (Å²) in [5.41, 5.74) is 4.22. The fourth-order valence-corrected chi connectivity index (χ4v) is 9.63. The fourth-order valence-electron chi connectivity index (χ4n) is 8.59. The maximum Gasteiger partial charge on any atom is 0.262 e. The molecule has 1 aromatic carbocycles. The van der Waals surface area contributed by atoms with Gasteiger partial charge in [0.25, 0.3) is 11.8 Å². The van der Waals surface area contributed by atoms with Crippen molar-refractivity contribution in [3.63, 3.8) is 0 Å². The molecule has 5 aromatic rings. The summed E-state index contributed by atoms with van der Waals surface area (Å²) in [5.74, 6) is -1.21. The average molecular weight is 798 g/mol. The lowest BCUT2D eigenvalue weighted by Gasteiger charge is -2.34. The molecule has 1 aliphatic carbocycles. The Kier molecular flexibility index (Phi) is 9.64. The number of nitrogens with zero attached hydrogens (tertiary/aromatic N) is 8. The number of carbonyl (C=O) groups is 5. The van der Waals surface area contributed by atoms with E-state index in [9.17, 15) is 29.2 Å². The van der Waals surface area contributed by atoms with Gasteiger partial charge in [-0.05, 0) is 75.3 Å². The van der Waals surface area contributed by atoms with E-state index in [1.807, 2.05) is 36.0 Å². The van der Waals surface area contributed by atoms with Crippen molar-refractivity contribution in [2.45, 2.75) is 69.4 Å². The summed E-state index contributed by atoms with van der Waals surface area (Å²) >= 11 is 1.57. The number of benzene rings is 1. The second-order valence-corrected chi connectivity index (χ2v) is 16.2. The molecule has 2 saturated heterocycles. The number of amides is 5. The topological polar surface area (TPSA) is 208 Å². The Balaban J connectivity index is 0.772. The average Bonchev–Trinajstić information content (AvgIpc) is 3.97. The van der Waals surface area contributed by atoms with E-state index in [0.29, 0.717) is 43.0 Å². The lowest BCUT2D eigenvalue weighted by Crippen LogP contribution is -2.54. The summed E-state index contributed by atoms with van der Waals surface area (Å²) < 4.78 is 1.89. The van der Waals surface area contributed by atoms with E-state index in [2.05, 4.69) is 42.1 Å². The van der Waals surface area contributed by atoms with Crippen LogP contribution in [0.3, 0.4) is 0 Å². The maximum absolute atomic E-state index is 13.4. The van der Waals surface area contributed by atoms with E-state index in [4.69, 9.17) is 4.98 Å². The second-order valence-electron chi connectivity index (χ2n) is 15.2. The van der Waals surface area contributed by atoms with Gasteiger partial charge in [-0.2, -0.15) is 5.26 Å². The molecule has 0 bridgehead atoms. The van der Waals surface area contributed by atoms with Crippen molar-refractivity contribution in [1.29, 1.82) is 5.26 Å². The Hall–Kier alpha value is -6.54. The zero-order valence-electron chi connectivity index (χ0n) is 31.6. The van der Waals surface area contributed by atoms with Gasteiger partial charge < -0.3 is 15.5 Å². The van der Waals surface area contributed by atoms with Crippen LogP contribution in [0, 0.1) is 17.2 Å². The van der Waals surface area contributed by atoms with Crippen molar-refractivity contribution in [3.05, 3.63) is 76.7 Å². The number of imide groups is 2. The van der Waals surface area contributed by atoms with Crippen LogP contribution in [0.5, 0.6) is 0 Å². The number of nitriles is 1. The van der Waals surface area contributed by atoms with Gasteiger partial charge in [-0.25, -0.2) is 9.97 Å². The highest BCUT2D eigenvalue weighted by Crippen LogP contribution is 2.39. The van der Waals surface area contributed by atoms with Gasteiger partial charge in [0.15, 0.2) is 5.01 Å². The van der Waals surface area contributed by atoms with Gasteiger partial charge in [-0.3, -0.25) is 38.8 Å². The van der Waals surface area contributed by atoms with Crippen molar-refractivity contribution in [3.8, 4) is 22.5 Å². The molecule has 5 amide bonds. The molecular formula is C41H39N11O5S. The lowest BCUT2D eigenvalue weighted by atomic mass is 9.86. The summed E-state index contributed by atoms with van der Waals surface area (Å²) in [4.78, 5) is 76.2. The third-order valence-corrected chi connectivity index (χ3v) is 12.9. The Morgan fingerprint density at radius 3 is 2.45 bits per heavy atom. The number of pyridine rings is 2. The Morgan fingerprint density at radius 1 is 0.897 bits per heavy atom. The first kappa shape index (κ1) is 37.1. The van der Waals surface area contributed by atoms with E-state index >= 15 is 0 Å². The maximum atomic E-state index is 13.4. The summed E-state index contributed by atoms with van der Waals surface area (Å²) in [6.45, 7) is 1.25. The number of fused-ring (bicyclic) bond motifs is 2. The molecule has 9 rings (SSSR count). The predicted molar refractivity (Wildman–Crippen MR) is 213 cm³/mol. The van der Waals surface area contributed by atoms with Crippen LogP contribution in [-0.2, 0) is 14.4 Å². The molecule has 3 fully saturated rings. The molecule has 7 heterocycles. The van der Waals surface area contributed by atoms with E-state index < -0.39 is 29.7 Å². The van der Waals surface area contributed by atoms with Crippen LogP contribution < -0.4 is 20.9 Å². The standard InChI is InChI=1S/C41H39N11O5S/c1-43-31-18-33(51-15-12-25-16-22(19-42)20-45-35(25)51)44-21-30(31)39-49-48-38(58-39)24-2-4-26(5-3-24)46-36(54)23-10-13-50(14-11-23)27-6-7-28-29(17-27)41(57)52(40(28)56)32-8-9-34(53)47-37(32)55/h6-7,12,15-18,20-21,23-24,26,32H,2-5,8-11,13-14H2,1H3,(H,43,44)(H,46,54)(H,47,53,55)/t24-,26-,32?. The molecule has 3 N–H and O–H groups in total. The van der Waals surface area contributed by atoms with Gasteiger partial charge in [0.1, 0.15) is 28.6 Å². The zero-order chi connectivity index (χ0) is 40.1. The molecule has 4 aromatic heterocycles. The van der Waals surface area contributed by atoms with Gasteiger partial charge in [0.2, 0.25) is 17.7 Å². The summed E-state index contributed by atoms with van der Waals surface area (Å²) in [5, 5.41) is 29.8. The summed E-state index contributed by atoms with van der Waals surface area (Å²) in [6, 6.07) is 12.0. The first-order chi connectivity index (χ1) is 28.2. The molecule has 4 aliphatic rings. The fraction of sp³-hybridized carbons (Fsp3) is 0.366. The molecule has 16 nitrogen and oxygen atoms in total. The number of nitrogens with one attached hydrogen (secondary N) is 3. The van der Waals surface area contributed by atoms with E-state index in [-0.39, 0.29) is 47.8 Å². The largest absolute Gasteiger partial charge is 0.387 e. The minimum absolute atomic E-state index is 0.0681. The normalized spacial score (nSPS) is 21.2. The van der Waals surface area contributed by atoms with E-state index in [0.717, 1.165) is 62.9 Å². The van der Waals surface area contributed by atoms with Crippen LogP contribution in [0.4, 0.5) is 11.4 Å². The Bertz CT molecular complexity index is 2540. The van der Waals surface area contributed by atoms with Crippen molar-refractivity contribution in [2.24, 2.45) is 5.92 Å². The van der Waals surface area contributed by atoms with Gasteiger partial charge in [-0.1, -0.05) is 11.3 Å². The number of piperidine rings is 2. The molecule has 58 heavy (non-hydrogen) atoms. The van der Waals surface area contributed by atoms with Crippen LogP contribution in [0.25, 0.3) is 27.4 Å². The number of hydrogen-bond acceptors (Lipinski definition) is 13. The molecule has 3 aliphatic heterocycles. The molecule has 0 radical (unpaired) electrons. The number of carbonyl (C=O) groups excluding carboxylic acids is 5. The smallest absolute Gasteiger partial charge is 0.262 e. The van der Waals surface area contributed by atoms with Gasteiger partial charge in [0, 0.05) is 85.9 Å². The second kappa shape index (κ2) is 15.1. The van der Waals surface area contributed by atoms with Gasteiger partial charge >= 0.3 is 0 Å². The van der Waals surface area contributed by atoms with Crippen molar-refractivity contribution in [2.75, 3.05) is 30.4 Å². The highest BCUT2D eigenvalue weighted by atomic mass is 32.1. The SMILES string of the molecule is CNc1cc(-n2ccc3cc(C#N)cnc32)ncc1-c1nnc([C@H]2CC[C@H](NC(=O)C3CCN(c4ccc5c(c4)C(=O)N(C4CCC(=O)NC4=O)C5=O)CC3)CC2)s1. The molecule has 294 valence electrons. The van der Waals surface area contributed by atoms with E-state index in [1.54, 1.807) is 41.9 Å². The first-order valence-corrected chi connectivity index (χ1v) is 20.3. The lowest BCUT2D eigenvalue weighted by molar-refractivity contribution is -0.136. The highest BCUT2D eigenvalue weighted by molar-refractivity contribution is 7.14. The van der Waals surface area contributed by atoms with Gasteiger partial charge in [0.05, 0.1) is 22.3 Å². The highest BCUT2D eigenvalue weighted by Gasteiger charge is 2.45. The molecular weight excluding hydrogens is 759 g/mol. The van der Waals surface area contributed by atoms with Crippen LogP contribution in [0.15, 0.2) is 55.0 Å². The molecule has 1 unspecified atom stereocenters. The minimum Gasteiger partial charge on any atom is -0.387 e. The third-order valence-electron chi connectivity index (χ3n) is 11.8. The van der Waals surface area contributed by atoms with Crippen molar-refractivity contribution in [1.82, 2.24) is 40.3 Å². The van der Waals surface area contributed by atoms with Crippen molar-refractivity contribution < 1.29 is 24.0 Å². The monoisotopic (exact) mass is 797 g/mol. The summed E-state index contributed by atoms with van der Waals surface area (Å²) in [7, 11) is 1.86. The predicted octanol–water partition coefficient (Wildman–Crippen LogP) is 4.31. The Labute approximate surface area is 336 Å².